The van der Waals surface area contributed by atoms with Gasteiger partial charge >= 0.3 is 0 Å². The van der Waals surface area contributed by atoms with Crippen molar-refractivity contribution >= 4 is 0 Å². The molecule has 1 N–H and O–H groups in total. The maximum absolute atomic E-state index is 6.83. The van der Waals surface area contributed by atoms with E-state index >= 15 is 0 Å². The Balaban J connectivity index is 1.26. The number of aromatic amines is 1. The molecule has 0 bridgehead atoms. The molecule has 30 heavy (non-hydrogen) atoms. The third-order valence-electron chi connectivity index (χ3n) is 11.0. The third kappa shape index (κ3) is 2.68. The predicted octanol–water partition coefficient (Wildman–Crippen LogP) is 5.67. The first-order chi connectivity index (χ1) is 14.4. The lowest BCUT2D eigenvalue weighted by Crippen LogP contribution is -2.57. The van der Waals surface area contributed by atoms with Crippen molar-refractivity contribution in [2.75, 3.05) is 6.61 Å². The van der Waals surface area contributed by atoms with E-state index in [9.17, 15) is 0 Å². The molecule has 4 fully saturated rings. The summed E-state index contributed by atoms with van der Waals surface area (Å²) in [5, 5.41) is 7.68. The van der Waals surface area contributed by atoms with Gasteiger partial charge in [-0.1, -0.05) is 13.8 Å². The zero-order valence-electron chi connectivity index (χ0n) is 19.2. The van der Waals surface area contributed by atoms with Crippen molar-refractivity contribution in [3.8, 4) is 0 Å². The largest absolute Gasteiger partial charge is 0.353 e. The van der Waals surface area contributed by atoms with E-state index in [-0.39, 0.29) is 11.9 Å². The van der Waals surface area contributed by atoms with E-state index in [1.807, 2.05) is 0 Å². The Morgan fingerprint density at radius 3 is 2.73 bits per heavy atom. The van der Waals surface area contributed by atoms with Gasteiger partial charge in [0.05, 0.1) is 11.8 Å². The van der Waals surface area contributed by atoms with E-state index in [4.69, 9.17) is 9.47 Å². The molecule has 4 nitrogen and oxygen atoms in total. The number of hydrogen-bond acceptors (Lipinski definition) is 3. The van der Waals surface area contributed by atoms with Crippen molar-refractivity contribution in [3.05, 3.63) is 17.5 Å². The van der Waals surface area contributed by atoms with Gasteiger partial charge in [0.25, 0.3) is 0 Å². The molecular formula is C26H40N2O2. The number of H-pyrrole nitrogens is 1. The Labute approximate surface area is 181 Å². The Morgan fingerprint density at radius 1 is 1.03 bits per heavy atom. The van der Waals surface area contributed by atoms with Crippen LogP contribution in [0.3, 0.4) is 0 Å². The van der Waals surface area contributed by atoms with Crippen LogP contribution in [-0.4, -0.2) is 28.7 Å². The van der Waals surface area contributed by atoms with Gasteiger partial charge in [0.2, 0.25) is 0 Å². The van der Waals surface area contributed by atoms with Gasteiger partial charge in [-0.25, -0.2) is 0 Å². The smallest absolute Gasteiger partial charge is 0.158 e. The number of nitrogens with zero attached hydrogens (tertiary/aromatic N) is 1. The normalized spacial score (nSPS) is 50.3. The molecule has 6 rings (SSSR count). The molecule has 1 saturated heterocycles. The lowest BCUT2D eigenvalue weighted by molar-refractivity contribution is -0.257. The zero-order valence-corrected chi connectivity index (χ0v) is 19.2. The summed E-state index contributed by atoms with van der Waals surface area (Å²) in [5.74, 6) is 3.38. The molecule has 0 amide bonds. The topological polar surface area (TPSA) is 47.1 Å². The van der Waals surface area contributed by atoms with Crippen molar-refractivity contribution in [1.82, 2.24) is 10.2 Å². The average molecular weight is 413 g/mol. The van der Waals surface area contributed by atoms with Crippen molar-refractivity contribution in [1.29, 1.82) is 0 Å². The molecular weight excluding hydrogens is 372 g/mol. The summed E-state index contributed by atoms with van der Waals surface area (Å²) >= 11 is 0. The van der Waals surface area contributed by atoms with Crippen LogP contribution in [0.15, 0.2) is 6.20 Å². The SMILES string of the molecule is C[C@]12Cc3cn[nH]c3C[C@@H]1CC[C@@H]1[C@@H]2CC[C@@]2(C)[C@H]1CC[C@]2(C)OC1CCCCO1. The third-order valence-corrected chi connectivity index (χ3v) is 11.0. The first-order valence-electron chi connectivity index (χ1n) is 12.7. The first kappa shape index (κ1) is 19.8. The monoisotopic (exact) mass is 412 g/mol. The van der Waals surface area contributed by atoms with Crippen molar-refractivity contribution in [2.24, 2.45) is 34.5 Å². The number of ether oxygens (including phenoxy) is 2. The number of rotatable bonds is 2. The van der Waals surface area contributed by atoms with Crippen LogP contribution in [0.5, 0.6) is 0 Å². The molecule has 0 radical (unpaired) electrons. The van der Waals surface area contributed by atoms with E-state index in [1.54, 1.807) is 0 Å². The van der Waals surface area contributed by atoms with E-state index in [0.717, 1.165) is 36.7 Å². The molecule has 0 spiro atoms. The summed E-state index contributed by atoms with van der Waals surface area (Å²) in [7, 11) is 0. The fourth-order valence-electron chi connectivity index (χ4n) is 8.98. The van der Waals surface area contributed by atoms with Crippen molar-refractivity contribution < 1.29 is 9.47 Å². The van der Waals surface area contributed by atoms with Gasteiger partial charge in [0.15, 0.2) is 6.29 Å². The van der Waals surface area contributed by atoms with E-state index in [2.05, 4.69) is 37.2 Å². The molecule has 1 unspecified atom stereocenters. The number of aromatic nitrogens is 2. The van der Waals surface area contributed by atoms with Gasteiger partial charge in [-0.15, -0.1) is 0 Å². The van der Waals surface area contributed by atoms with Crippen molar-refractivity contribution in [2.45, 2.75) is 103 Å². The van der Waals surface area contributed by atoms with E-state index < -0.39 is 0 Å². The molecule has 1 aromatic heterocycles. The maximum Gasteiger partial charge on any atom is 0.158 e. The van der Waals surface area contributed by atoms with Crippen LogP contribution >= 0.6 is 0 Å². The molecule has 5 aliphatic rings. The first-order valence-corrected chi connectivity index (χ1v) is 12.7. The lowest BCUT2D eigenvalue weighted by Gasteiger charge is -2.61. The Morgan fingerprint density at radius 2 is 1.90 bits per heavy atom. The van der Waals surface area contributed by atoms with Gasteiger partial charge < -0.3 is 9.47 Å². The highest BCUT2D eigenvalue weighted by molar-refractivity contribution is 5.26. The van der Waals surface area contributed by atoms with Gasteiger partial charge in [-0.05, 0) is 118 Å². The molecule has 2 heterocycles. The highest BCUT2D eigenvalue weighted by atomic mass is 16.7. The van der Waals surface area contributed by atoms with Gasteiger partial charge in [0.1, 0.15) is 0 Å². The molecule has 0 aromatic carbocycles. The molecule has 166 valence electrons. The number of nitrogens with one attached hydrogen (secondary N) is 1. The van der Waals surface area contributed by atoms with Crippen molar-refractivity contribution in [3.63, 3.8) is 0 Å². The second-order valence-corrected chi connectivity index (χ2v) is 12.1. The fraction of sp³-hybridized carbons (Fsp3) is 0.885. The zero-order chi connectivity index (χ0) is 20.6. The van der Waals surface area contributed by atoms with Gasteiger partial charge in [0, 0.05) is 12.3 Å². The minimum absolute atomic E-state index is 0.0211. The number of fused-ring (bicyclic) bond motifs is 6. The van der Waals surface area contributed by atoms with Gasteiger partial charge in [-0.3, -0.25) is 5.10 Å². The summed E-state index contributed by atoms with van der Waals surface area (Å²) in [6.45, 7) is 8.51. The van der Waals surface area contributed by atoms with Crippen LogP contribution in [-0.2, 0) is 22.3 Å². The summed E-state index contributed by atoms with van der Waals surface area (Å²) in [5.41, 5.74) is 3.65. The predicted molar refractivity (Wildman–Crippen MR) is 117 cm³/mol. The molecule has 3 saturated carbocycles. The van der Waals surface area contributed by atoms with Gasteiger partial charge in [-0.2, -0.15) is 5.10 Å². The highest BCUT2D eigenvalue weighted by Gasteiger charge is 2.64. The van der Waals surface area contributed by atoms with Crippen LogP contribution in [0.1, 0.15) is 89.8 Å². The number of hydrogen-bond donors (Lipinski definition) is 1. The molecule has 4 heteroatoms. The second kappa shape index (κ2) is 6.81. The van der Waals surface area contributed by atoms with Crippen LogP contribution < -0.4 is 0 Å². The van der Waals surface area contributed by atoms with Crippen LogP contribution in [0.25, 0.3) is 0 Å². The highest BCUT2D eigenvalue weighted by Crippen LogP contribution is 2.68. The second-order valence-electron chi connectivity index (χ2n) is 12.1. The molecule has 1 aromatic rings. The van der Waals surface area contributed by atoms with E-state index in [1.165, 1.54) is 75.5 Å². The Kier molecular flexibility index (Phi) is 4.49. The minimum atomic E-state index is -0.0211. The quantitative estimate of drug-likeness (QED) is 0.681. The fourth-order valence-corrected chi connectivity index (χ4v) is 8.98. The molecule has 1 aliphatic heterocycles. The summed E-state index contributed by atoms with van der Waals surface area (Å²) in [4.78, 5) is 0. The average Bonchev–Trinajstić information content (AvgIpc) is 3.28. The van der Waals surface area contributed by atoms with Crippen LogP contribution in [0.2, 0.25) is 0 Å². The summed E-state index contributed by atoms with van der Waals surface area (Å²) in [6, 6.07) is 0. The molecule has 8 atom stereocenters. The summed E-state index contributed by atoms with van der Waals surface area (Å²) < 4.78 is 12.8. The maximum atomic E-state index is 6.83. The standard InChI is InChI=1S/C26H40N2O2/c1-24-15-17-16-27-28-22(17)14-18(24)7-8-19-20(24)9-11-25(2)21(19)10-12-26(25,3)30-23-6-4-5-13-29-23/h16,18-21,23H,4-15H2,1-3H3,(H,27,28)/t18-,19+,20-,21-,23?,24-,25-,26-/m0/s1. The minimum Gasteiger partial charge on any atom is -0.353 e. The van der Waals surface area contributed by atoms with Crippen LogP contribution in [0, 0.1) is 34.5 Å². The Bertz CT molecular complexity index is 801. The van der Waals surface area contributed by atoms with E-state index in [0.29, 0.717) is 10.8 Å². The lowest BCUT2D eigenvalue weighted by atomic mass is 9.44. The summed E-state index contributed by atoms with van der Waals surface area (Å²) in [6.07, 6.45) is 16.2. The Hall–Kier alpha value is -0.870. The molecule has 4 aliphatic carbocycles. The van der Waals surface area contributed by atoms with Crippen LogP contribution in [0.4, 0.5) is 0 Å².